The van der Waals surface area contributed by atoms with Gasteiger partial charge in [-0.3, -0.25) is 4.79 Å². The van der Waals surface area contributed by atoms with E-state index in [4.69, 9.17) is 5.73 Å². The van der Waals surface area contributed by atoms with Crippen LogP contribution >= 0.6 is 0 Å². The molecular weight excluding hydrogens is 372 g/mol. The van der Waals surface area contributed by atoms with Crippen LogP contribution in [0.1, 0.15) is 21.5 Å². The summed E-state index contributed by atoms with van der Waals surface area (Å²) < 4.78 is 52.1. The molecule has 0 aromatic heterocycles. The second kappa shape index (κ2) is 7.34. The van der Waals surface area contributed by atoms with Crippen LogP contribution in [0, 0.1) is 12.7 Å². The molecule has 0 aliphatic rings. The van der Waals surface area contributed by atoms with Crippen LogP contribution in [0.5, 0.6) is 0 Å². The lowest BCUT2D eigenvalue weighted by atomic mass is 9.99. The Morgan fingerprint density at radius 1 is 1.00 bits per heavy atom. The predicted octanol–water partition coefficient (Wildman–Crippen LogP) is 5.65. The highest BCUT2D eigenvalue weighted by Crippen LogP contribution is 2.31. The van der Waals surface area contributed by atoms with Crippen molar-refractivity contribution in [3.63, 3.8) is 0 Å². The van der Waals surface area contributed by atoms with Crippen LogP contribution in [-0.4, -0.2) is 5.91 Å². The van der Waals surface area contributed by atoms with Crippen LogP contribution in [0.2, 0.25) is 0 Å². The standard InChI is InChI=1S/C21H16F4N2O/c1-12-5-6-18(11-19(12)13-3-2-4-17(26)9-13)27-20(28)14-7-15(21(23,24)25)10-16(22)8-14/h2-11H,26H2,1H3,(H,27,28). The Morgan fingerprint density at radius 2 is 1.75 bits per heavy atom. The zero-order valence-electron chi connectivity index (χ0n) is 14.8. The Bertz CT molecular complexity index is 1040. The maximum Gasteiger partial charge on any atom is 0.416 e. The first-order valence-electron chi connectivity index (χ1n) is 8.29. The van der Waals surface area contributed by atoms with Crippen molar-refractivity contribution in [1.82, 2.24) is 0 Å². The molecule has 0 saturated heterocycles. The summed E-state index contributed by atoms with van der Waals surface area (Å²) in [5.41, 5.74) is 7.67. The van der Waals surface area contributed by atoms with Gasteiger partial charge in [0.25, 0.3) is 5.91 Å². The molecule has 0 radical (unpaired) electrons. The van der Waals surface area contributed by atoms with Gasteiger partial charge in [0, 0.05) is 16.9 Å². The molecule has 0 fully saturated rings. The van der Waals surface area contributed by atoms with Crippen molar-refractivity contribution in [1.29, 1.82) is 0 Å². The molecule has 0 spiro atoms. The first-order chi connectivity index (χ1) is 13.1. The van der Waals surface area contributed by atoms with E-state index in [0.29, 0.717) is 23.5 Å². The zero-order chi connectivity index (χ0) is 20.5. The van der Waals surface area contributed by atoms with Gasteiger partial charge in [-0.1, -0.05) is 18.2 Å². The van der Waals surface area contributed by atoms with E-state index in [1.54, 1.807) is 36.4 Å². The van der Waals surface area contributed by atoms with Crippen LogP contribution in [0.4, 0.5) is 28.9 Å². The van der Waals surface area contributed by atoms with Crippen molar-refractivity contribution >= 4 is 17.3 Å². The Balaban J connectivity index is 1.91. The van der Waals surface area contributed by atoms with Crippen molar-refractivity contribution in [3.05, 3.63) is 83.2 Å². The molecule has 1 amide bonds. The molecule has 28 heavy (non-hydrogen) atoms. The van der Waals surface area contributed by atoms with Crippen LogP contribution in [0.15, 0.2) is 60.7 Å². The molecule has 0 saturated carbocycles. The van der Waals surface area contributed by atoms with Gasteiger partial charge in [0.2, 0.25) is 0 Å². The predicted molar refractivity (Wildman–Crippen MR) is 100 cm³/mol. The van der Waals surface area contributed by atoms with Crippen LogP contribution in [0.25, 0.3) is 11.1 Å². The van der Waals surface area contributed by atoms with Gasteiger partial charge in [0.15, 0.2) is 0 Å². The number of nitrogens with two attached hydrogens (primary N) is 1. The fraction of sp³-hybridized carbons (Fsp3) is 0.0952. The molecule has 0 aliphatic carbocycles. The van der Waals surface area contributed by atoms with E-state index in [1.165, 1.54) is 0 Å². The summed E-state index contributed by atoms with van der Waals surface area (Å²) in [5, 5.41) is 2.51. The minimum absolute atomic E-state index is 0.348. The number of anilines is 2. The highest BCUT2D eigenvalue weighted by molar-refractivity contribution is 6.04. The molecular formula is C21H16F4N2O. The van der Waals surface area contributed by atoms with E-state index in [1.807, 2.05) is 13.0 Å². The van der Waals surface area contributed by atoms with E-state index < -0.39 is 29.0 Å². The first kappa shape index (κ1) is 19.4. The maximum absolute atomic E-state index is 13.5. The van der Waals surface area contributed by atoms with Crippen LogP contribution in [0.3, 0.4) is 0 Å². The summed E-state index contributed by atoms with van der Waals surface area (Å²) in [7, 11) is 0. The van der Waals surface area contributed by atoms with Gasteiger partial charge < -0.3 is 11.1 Å². The average Bonchev–Trinajstić information content (AvgIpc) is 2.62. The number of amides is 1. The quantitative estimate of drug-likeness (QED) is 0.450. The molecule has 0 atom stereocenters. The second-order valence-electron chi connectivity index (χ2n) is 6.34. The van der Waals surface area contributed by atoms with Crippen LogP contribution in [-0.2, 0) is 6.18 Å². The maximum atomic E-state index is 13.5. The van der Waals surface area contributed by atoms with Crippen molar-refractivity contribution in [3.8, 4) is 11.1 Å². The normalized spacial score (nSPS) is 11.3. The van der Waals surface area contributed by atoms with E-state index in [2.05, 4.69) is 5.32 Å². The number of hydrogen-bond acceptors (Lipinski definition) is 2. The summed E-state index contributed by atoms with van der Waals surface area (Å²) in [4.78, 5) is 12.4. The Hall–Kier alpha value is -3.35. The average molecular weight is 388 g/mol. The minimum atomic E-state index is -4.75. The van der Waals surface area contributed by atoms with Gasteiger partial charge >= 0.3 is 6.18 Å². The lowest BCUT2D eigenvalue weighted by Gasteiger charge is -2.12. The summed E-state index contributed by atoms with van der Waals surface area (Å²) in [6, 6.07) is 14.0. The molecule has 0 heterocycles. The molecule has 3 rings (SSSR count). The monoisotopic (exact) mass is 388 g/mol. The summed E-state index contributed by atoms with van der Waals surface area (Å²) in [6.07, 6.45) is -4.75. The fourth-order valence-electron chi connectivity index (χ4n) is 2.80. The van der Waals surface area contributed by atoms with Gasteiger partial charge in [-0.15, -0.1) is 0 Å². The largest absolute Gasteiger partial charge is 0.416 e. The van der Waals surface area contributed by atoms with Crippen molar-refractivity contribution in [2.75, 3.05) is 11.1 Å². The van der Waals surface area contributed by atoms with E-state index >= 15 is 0 Å². The van der Waals surface area contributed by atoms with Crippen molar-refractivity contribution < 1.29 is 22.4 Å². The third-order valence-electron chi connectivity index (χ3n) is 4.18. The van der Waals surface area contributed by atoms with Crippen molar-refractivity contribution in [2.24, 2.45) is 0 Å². The van der Waals surface area contributed by atoms with Gasteiger partial charge in [0.1, 0.15) is 5.82 Å². The molecule has 7 heteroatoms. The first-order valence-corrected chi connectivity index (χ1v) is 8.29. The minimum Gasteiger partial charge on any atom is -0.399 e. The van der Waals surface area contributed by atoms with Crippen LogP contribution < -0.4 is 11.1 Å². The lowest BCUT2D eigenvalue weighted by Crippen LogP contribution is -2.14. The Labute approximate surface area is 158 Å². The second-order valence-corrected chi connectivity index (χ2v) is 6.34. The summed E-state index contributed by atoms with van der Waals surface area (Å²) in [5.74, 6) is -1.98. The van der Waals surface area contributed by atoms with E-state index in [-0.39, 0.29) is 0 Å². The van der Waals surface area contributed by atoms with E-state index in [9.17, 15) is 22.4 Å². The molecule has 0 unspecified atom stereocenters. The third-order valence-corrected chi connectivity index (χ3v) is 4.18. The number of carbonyl (C=O) groups is 1. The number of nitrogen functional groups attached to an aromatic ring is 1. The van der Waals surface area contributed by atoms with Gasteiger partial charge in [-0.25, -0.2) is 4.39 Å². The van der Waals surface area contributed by atoms with Gasteiger partial charge in [-0.2, -0.15) is 13.2 Å². The number of hydrogen-bond donors (Lipinski definition) is 2. The zero-order valence-corrected chi connectivity index (χ0v) is 14.8. The van der Waals surface area contributed by atoms with E-state index in [0.717, 1.165) is 22.8 Å². The number of halogens is 4. The molecule has 0 bridgehead atoms. The topological polar surface area (TPSA) is 55.1 Å². The number of aryl methyl sites for hydroxylation is 1. The summed E-state index contributed by atoms with van der Waals surface area (Å²) >= 11 is 0. The molecule has 3 N–H and O–H groups in total. The highest BCUT2D eigenvalue weighted by atomic mass is 19.4. The fourth-order valence-corrected chi connectivity index (χ4v) is 2.80. The van der Waals surface area contributed by atoms with Gasteiger partial charge in [0.05, 0.1) is 5.56 Å². The molecule has 3 aromatic carbocycles. The Kier molecular flexibility index (Phi) is 5.09. The number of rotatable bonds is 3. The molecule has 3 nitrogen and oxygen atoms in total. The number of carbonyl (C=O) groups excluding carboxylic acids is 1. The SMILES string of the molecule is Cc1ccc(NC(=O)c2cc(F)cc(C(F)(F)F)c2)cc1-c1cccc(N)c1. The lowest BCUT2D eigenvalue weighted by molar-refractivity contribution is -0.137. The van der Waals surface area contributed by atoms with Crippen molar-refractivity contribution in [2.45, 2.75) is 13.1 Å². The molecule has 0 aliphatic heterocycles. The smallest absolute Gasteiger partial charge is 0.399 e. The summed E-state index contributed by atoms with van der Waals surface area (Å²) in [6.45, 7) is 1.88. The third kappa shape index (κ3) is 4.31. The molecule has 3 aromatic rings. The number of nitrogens with one attached hydrogen (secondary N) is 1. The molecule has 144 valence electrons. The number of alkyl halides is 3. The highest BCUT2D eigenvalue weighted by Gasteiger charge is 2.32. The van der Waals surface area contributed by atoms with Gasteiger partial charge in [-0.05, 0) is 66.1 Å². The Morgan fingerprint density at radius 3 is 2.43 bits per heavy atom. The number of benzene rings is 3.